The summed E-state index contributed by atoms with van der Waals surface area (Å²) in [6.07, 6.45) is 4.87. The minimum atomic E-state index is 0.459. The second-order valence-electron chi connectivity index (χ2n) is 5.00. The largest absolute Gasteiger partial charge is 0.420 e. The fourth-order valence-electron chi connectivity index (χ4n) is 2.61. The van der Waals surface area contributed by atoms with Crippen molar-refractivity contribution in [3.05, 3.63) is 29.7 Å². The lowest BCUT2D eigenvalue weighted by Gasteiger charge is -2.03. The zero-order chi connectivity index (χ0) is 12.5. The Balaban J connectivity index is 1.92. The van der Waals surface area contributed by atoms with Crippen LogP contribution in [-0.2, 0) is 0 Å². The molecule has 2 N–H and O–H groups in total. The number of hydrogen-bond acceptors (Lipinski definition) is 4. The number of aromatic nitrogens is 2. The molecule has 1 aromatic heterocycles. The molecule has 0 radical (unpaired) electrons. The molecule has 3 rings (SSSR count). The number of rotatable bonds is 2. The average Bonchev–Trinajstić information content (AvgIpc) is 2.99. The molecule has 0 atom stereocenters. The highest BCUT2D eigenvalue weighted by atomic mass is 16.4. The molecule has 0 amide bonds. The minimum Gasteiger partial charge on any atom is -0.420 e. The highest BCUT2D eigenvalue weighted by molar-refractivity contribution is 5.62. The van der Waals surface area contributed by atoms with Crippen LogP contribution >= 0.6 is 0 Å². The standard InChI is InChI=1S/C14H17N3O/c1-9-8-11(15)6-7-12(9)14-17-16-13(18-14)10-4-2-3-5-10/h6-8,10H,2-5,15H2,1H3. The fourth-order valence-corrected chi connectivity index (χ4v) is 2.61. The molecule has 0 bridgehead atoms. The fraction of sp³-hybridized carbons (Fsp3) is 0.429. The van der Waals surface area contributed by atoms with Crippen LogP contribution < -0.4 is 5.73 Å². The molecule has 1 fully saturated rings. The van der Waals surface area contributed by atoms with Crippen LogP contribution in [-0.4, -0.2) is 10.2 Å². The second kappa shape index (κ2) is 4.44. The Bertz CT molecular complexity index is 556. The van der Waals surface area contributed by atoms with Gasteiger partial charge in [0, 0.05) is 17.2 Å². The summed E-state index contributed by atoms with van der Waals surface area (Å²) in [5.74, 6) is 1.86. The lowest BCUT2D eigenvalue weighted by atomic mass is 10.1. The van der Waals surface area contributed by atoms with Crippen LogP contribution in [0.4, 0.5) is 5.69 Å². The molecule has 1 aliphatic rings. The molecule has 1 saturated carbocycles. The number of benzene rings is 1. The van der Waals surface area contributed by atoms with Crippen LogP contribution in [0.2, 0.25) is 0 Å². The Labute approximate surface area is 106 Å². The van der Waals surface area contributed by atoms with Crippen molar-refractivity contribution in [2.45, 2.75) is 38.5 Å². The molecule has 4 heteroatoms. The summed E-state index contributed by atoms with van der Waals surface area (Å²) in [6.45, 7) is 2.01. The molecule has 1 aromatic carbocycles. The third-order valence-electron chi connectivity index (χ3n) is 3.63. The van der Waals surface area contributed by atoms with E-state index in [2.05, 4.69) is 10.2 Å². The van der Waals surface area contributed by atoms with E-state index < -0.39 is 0 Å². The lowest BCUT2D eigenvalue weighted by Crippen LogP contribution is -1.91. The molecular formula is C14H17N3O. The van der Waals surface area contributed by atoms with E-state index in [-0.39, 0.29) is 0 Å². The first kappa shape index (κ1) is 11.3. The van der Waals surface area contributed by atoms with Crippen molar-refractivity contribution in [3.8, 4) is 11.5 Å². The maximum absolute atomic E-state index is 5.81. The third-order valence-corrected chi connectivity index (χ3v) is 3.63. The molecule has 94 valence electrons. The van der Waals surface area contributed by atoms with Crippen LogP contribution in [0.5, 0.6) is 0 Å². The highest BCUT2D eigenvalue weighted by Crippen LogP contribution is 2.34. The number of nitrogens with zero attached hydrogens (tertiary/aromatic N) is 2. The molecule has 18 heavy (non-hydrogen) atoms. The van der Waals surface area contributed by atoms with Gasteiger partial charge in [-0.05, 0) is 43.5 Å². The molecule has 0 unspecified atom stereocenters. The quantitative estimate of drug-likeness (QED) is 0.822. The Morgan fingerprint density at radius 1 is 1.22 bits per heavy atom. The Morgan fingerprint density at radius 3 is 2.72 bits per heavy atom. The summed E-state index contributed by atoms with van der Waals surface area (Å²) in [4.78, 5) is 0. The van der Waals surface area contributed by atoms with Crippen molar-refractivity contribution in [2.75, 3.05) is 5.73 Å². The van der Waals surface area contributed by atoms with E-state index in [4.69, 9.17) is 10.2 Å². The Morgan fingerprint density at radius 2 is 2.00 bits per heavy atom. The van der Waals surface area contributed by atoms with Gasteiger partial charge < -0.3 is 10.2 Å². The van der Waals surface area contributed by atoms with Gasteiger partial charge in [-0.2, -0.15) is 0 Å². The SMILES string of the molecule is Cc1cc(N)ccc1-c1nnc(C2CCCC2)o1. The number of anilines is 1. The summed E-state index contributed by atoms with van der Waals surface area (Å²) < 4.78 is 5.81. The van der Waals surface area contributed by atoms with Crippen molar-refractivity contribution in [2.24, 2.45) is 0 Å². The normalized spacial score (nSPS) is 16.3. The number of nitrogen functional groups attached to an aromatic ring is 1. The molecule has 0 saturated heterocycles. The zero-order valence-corrected chi connectivity index (χ0v) is 10.5. The number of aryl methyl sites for hydroxylation is 1. The maximum atomic E-state index is 5.81. The van der Waals surface area contributed by atoms with Crippen molar-refractivity contribution in [1.82, 2.24) is 10.2 Å². The maximum Gasteiger partial charge on any atom is 0.248 e. The van der Waals surface area contributed by atoms with Gasteiger partial charge in [-0.3, -0.25) is 0 Å². The van der Waals surface area contributed by atoms with Gasteiger partial charge in [0.25, 0.3) is 0 Å². The second-order valence-corrected chi connectivity index (χ2v) is 5.00. The highest BCUT2D eigenvalue weighted by Gasteiger charge is 2.23. The molecule has 0 spiro atoms. The minimum absolute atomic E-state index is 0.459. The van der Waals surface area contributed by atoms with E-state index in [1.807, 2.05) is 25.1 Å². The van der Waals surface area contributed by atoms with Crippen LogP contribution in [0.25, 0.3) is 11.5 Å². The van der Waals surface area contributed by atoms with Crippen LogP contribution in [0.3, 0.4) is 0 Å². The summed E-state index contributed by atoms with van der Waals surface area (Å²) >= 11 is 0. The average molecular weight is 243 g/mol. The van der Waals surface area contributed by atoms with Gasteiger partial charge in [-0.15, -0.1) is 10.2 Å². The van der Waals surface area contributed by atoms with E-state index in [9.17, 15) is 0 Å². The predicted molar refractivity (Wildman–Crippen MR) is 70.1 cm³/mol. The van der Waals surface area contributed by atoms with Crippen LogP contribution in [0, 0.1) is 6.92 Å². The third kappa shape index (κ3) is 1.98. The summed E-state index contributed by atoms with van der Waals surface area (Å²) in [5, 5.41) is 8.35. The molecule has 0 aliphatic heterocycles. The molecule has 4 nitrogen and oxygen atoms in total. The summed E-state index contributed by atoms with van der Waals surface area (Å²) in [7, 11) is 0. The summed E-state index contributed by atoms with van der Waals surface area (Å²) in [5.41, 5.74) is 8.54. The predicted octanol–water partition coefficient (Wildman–Crippen LogP) is 3.28. The Kier molecular flexibility index (Phi) is 2.78. The van der Waals surface area contributed by atoms with Crippen molar-refractivity contribution >= 4 is 5.69 Å². The summed E-state index contributed by atoms with van der Waals surface area (Å²) in [6, 6.07) is 5.73. The molecular weight excluding hydrogens is 226 g/mol. The van der Waals surface area contributed by atoms with Gasteiger partial charge in [-0.25, -0.2) is 0 Å². The number of nitrogens with two attached hydrogens (primary N) is 1. The van der Waals surface area contributed by atoms with Crippen LogP contribution in [0.1, 0.15) is 43.1 Å². The topological polar surface area (TPSA) is 64.9 Å². The molecule has 1 heterocycles. The zero-order valence-electron chi connectivity index (χ0n) is 10.5. The smallest absolute Gasteiger partial charge is 0.248 e. The first-order chi connectivity index (χ1) is 8.74. The van der Waals surface area contributed by atoms with Gasteiger partial charge >= 0.3 is 0 Å². The van der Waals surface area contributed by atoms with E-state index in [0.29, 0.717) is 11.8 Å². The molecule has 1 aliphatic carbocycles. The van der Waals surface area contributed by atoms with E-state index >= 15 is 0 Å². The molecule has 2 aromatic rings. The van der Waals surface area contributed by atoms with E-state index in [0.717, 1.165) is 22.7 Å². The van der Waals surface area contributed by atoms with Gasteiger partial charge in [0.05, 0.1) is 0 Å². The first-order valence-corrected chi connectivity index (χ1v) is 6.44. The first-order valence-electron chi connectivity index (χ1n) is 6.44. The monoisotopic (exact) mass is 243 g/mol. The van der Waals surface area contributed by atoms with E-state index in [1.54, 1.807) is 0 Å². The number of hydrogen-bond donors (Lipinski definition) is 1. The van der Waals surface area contributed by atoms with Gasteiger partial charge in [0.15, 0.2) is 0 Å². The van der Waals surface area contributed by atoms with Gasteiger partial charge in [-0.1, -0.05) is 12.8 Å². The van der Waals surface area contributed by atoms with Crippen molar-refractivity contribution < 1.29 is 4.42 Å². The Hall–Kier alpha value is -1.84. The van der Waals surface area contributed by atoms with Crippen LogP contribution in [0.15, 0.2) is 22.6 Å². The van der Waals surface area contributed by atoms with Gasteiger partial charge in [0.2, 0.25) is 11.8 Å². The van der Waals surface area contributed by atoms with Crippen molar-refractivity contribution in [1.29, 1.82) is 0 Å². The lowest BCUT2D eigenvalue weighted by molar-refractivity contribution is 0.457. The van der Waals surface area contributed by atoms with E-state index in [1.165, 1.54) is 25.7 Å². The van der Waals surface area contributed by atoms with Crippen molar-refractivity contribution in [3.63, 3.8) is 0 Å². The van der Waals surface area contributed by atoms with Gasteiger partial charge in [0.1, 0.15) is 0 Å².